The number of amides is 1. The fourth-order valence-corrected chi connectivity index (χ4v) is 2.04. The molecule has 0 heterocycles. The van der Waals surface area contributed by atoms with Crippen molar-refractivity contribution >= 4 is 5.91 Å². The minimum Gasteiger partial charge on any atom is -0.352 e. The van der Waals surface area contributed by atoms with Crippen molar-refractivity contribution < 1.29 is 4.79 Å². The summed E-state index contributed by atoms with van der Waals surface area (Å²) < 4.78 is 0. The van der Waals surface area contributed by atoms with E-state index >= 15 is 0 Å². The molecule has 19 heavy (non-hydrogen) atoms. The van der Waals surface area contributed by atoms with Gasteiger partial charge in [0.25, 0.3) is 5.91 Å². The van der Waals surface area contributed by atoms with Gasteiger partial charge in [-0.15, -0.1) is 0 Å². The summed E-state index contributed by atoms with van der Waals surface area (Å²) >= 11 is 0. The molecule has 0 unspecified atom stereocenters. The van der Waals surface area contributed by atoms with Gasteiger partial charge in [0, 0.05) is 12.1 Å². The number of carbonyl (C=O) groups is 1. The van der Waals surface area contributed by atoms with Gasteiger partial charge in [-0.05, 0) is 42.2 Å². The molecule has 0 saturated carbocycles. The molecule has 0 aliphatic rings. The van der Waals surface area contributed by atoms with Crippen LogP contribution in [0.5, 0.6) is 0 Å². The van der Waals surface area contributed by atoms with Crippen LogP contribution < -0.4 is 5.32 Å². The Morgan fingerprint density at radius 1 is 1.05 bits per heavy atom. The van der Waals surface area contributed by atoms with E-state index in [1.54, 1.807) is 0 Å². The average Bonchev–Trinajstić information content (AvgIpc) is 2.45. The fourth-order valence-electron chi connectivity index (χ4n) is 2.04. The van der Waals surface area contributed by atoms with Crippen molar-refractivity contribution in [2.75, 3.05) is 6.54 Å². The SMILES string of the molecule is CCCNC(=O)c1ccc(-c2ccccc2C)cc1. The molecule has 2 aromatic rings. The molecule has 0 aromatic heterocycles. The van der Waals surface area contributed by atoms with Crippen LogP contribution in [0.25, 0.3) is 11.1 Å². The van der Waals surface area contributed by atoms with Gasteiger partial charge in [0.15, 0.2) is 0 Å². The minimum absolute atomic E-state index is 0.00168. The van der Waals surface area contributed by atoms with Crippen molar-refractivity contribution in [3.8, 4) is 11.1 Å². The zero-order valence-corrected chi connectivity index (χ0v) is 11.4. The van der Waals surface area contributed by atoms with E-state index < -0.39 is 0 Å². The Kier molecular flexibility index (Phi) is 4.35. The maximum Gasteiger partial charge on any atom is 0.251 e. The number of rotatable bonds is 4. The predicted molar refractivity (Wildman–Crippen MR) is 79.2 cm³/mol. The lowest BCUT2D eigenvalue weighted by atomic mass is 9.99. The lowest BCUT2D eigenvalue weighted by Gasteiger charge is -2.07. The van der Waals surface area contributed by atoms with E-state index in [2.05, 4.69) is 24.4 Å². The molecule has 1 amide bonds. The molecule has 0 saturated heterocycles. The van der Waals surface area contributed by atoms with Gasteiger partial charge in [-0.2, -0.15) is 0 Å². The van der Waals surface area contributed by atoms with Crippen molar-refractivity contribution in [3.05, 3.63) is 59.7 Å². The second kappa shape index (κ2) is 6.19. The van der Waals surface area contributed by atoms with E-state index in [4.69, 9.17) is 0 Å². The fraction of sp³-hybridized carbons (Fsp3) is 0.235. The van der Waals surface area contributed by atoms with Gasteiger partial charge >= 0.3 is 0 Å². The molecule has 0 bridgehead atoms. The molecule has 98 valence electrons. The topological polar surface area (TPSA) is 29.1 Å². The molecule has 0 spiro atoms. The first-order valence-electron chi connectivity index (χ1n) is 6.66. The monoisotopic (exact) mass is 253 g/mol. The molecule has 1 N–H and O–H groups in total. The Morgan fingerprint density at radius 2 is 1.74 bits per heavy atom. The Balaban J connectivity index is 2.19. The second-order valence-corrected chi connectivity index (χ2v) is 4.65. The highest BCUT2D eigenvalue weighted by molar-refractivity contribution is 5.94. The quantitative estimate of drug-likeness (QED) is 0.882. The molecule has 0 radical (unpaired) electrons. The van der Waals surface area contributed by atoms with Crippen LogP contribution in [0.1, 0.15) is 29.3 Å². The zero-order valence-electron chi connectivity index (χ0n) is 11.4. The standard InChI is InChI=1S/C17H19NO/c1-3-12-18-17(19)15-10-8-14(9-11-15)16-7-5-4-6-13(16)2/h4-11H,3,12H2,1-2H3,(H,18,19). The van der Waals surface area contributed by atoms with Crippen molar-refractivity contribution in [1.29, 1.82) is 0 Å². The predicted octanol–water partition coefficient (Wildman–Crippen LogP) is 3.80. The molecular formula is C17H19NO. The second-order valence-electron chi connectivity index (χ2n) is 4.65. The van der Waals surface area contributed by atoms with Crippen molar-refractivity contribution in [3.63, 3.8) is 0 Å². The summed E-state index contributed by atoms with van der Waals surface area (Å²) in [5.41, 5.74) is 4.31. The van der Waals surface area contributed by atoms with E-state index in [1.807, 2.05) is 43.3 Å². The number of carbonyl (C=O) groups excluding carboxylic acids is 1. The first-order chi connectivity index (χ1) is 9.22. The highest BCUT2D eigenvalue weighted by atomic mass is 16.1. The summed E-state index contributed by atoms with van der Waals surface area (Å²) in [4.78, 5) is 11.8. The lowest BCUT2D eigenvalue weighted by Crippen LogP contribution is -2.23. The maximum atomic E-state index is 11.8. The zero-order chi connectivity index (χ0) is 13.7. The van der Waals surface area contributed by atoms with E-state index in [1.165, 1.54) is 11.1 Å². The summed E-state index contributed by atoms with van der Waals surface area (Å²) in [6, 6.07) is 16.0. The molecule has 0 atom stereocenters. The van der Waals surface area contributed by atoms with Gasteiger partial charge in [0.1, 0.15) is 0 Å². The molecule has 2 nitrogen and oxygen atoms in total. The van der Waals surface area contributed by atoms with Crippen LogP contribution in [0.15, 0.2) is 48.5 Å². The smallest absolute Gasteiger partial charge is 0.251 e. The summed E-state index contributed by atoms with van der Waals surface area (Å²) in [5.74, 6) is -0.00168. The number of hydrogen-bond acceptors (Lipinski definition) is 1. The van der Waals surface area contributed by atoms with E-state index in [-0.39, 0.29) is 5.91 Å². The Bertz CT molecular complexity index is 558. The van der Waals surface area contributed by atoms with E-state index in [0.29, 0.717) is 5.56 Å². The minimum atomic E-state index is -0.00168. The van der Waals surface area contributed by atoms with Crippen LogP contribution in [-0.4, -0.2) is 12.5 Å². The average molecular weight is 253 g/mol. The molecule has 2 heteroatoms. The van der Waals surface area contributed by atoms with Crippen LogP contribution in [0.2, 0.25) is 0 Å². The third-order valence-corrected chi connectivity index (χ3v) is 3.14. The molecule has 2 aromatic carbocycles. The highest BCUT2D eigenvalue weighted by Gasteiger charge is 2.05. The summed E-state index contributed by atoms with van der Waals surface area (Å²) in [5, 5.41) is 2.88. The Morgan fingerprint density at radius 3 is 2.37 bits per heavy atom. The summed E-state index contributed by atoms with van der Waals surface area (Å²) in [7, 11) is 0. The van der Waals surface area contributed by atoms with Gasteiger partial charge in [-0.1, -0.05) is 43.3 Å². The largest absolute Gasteiger partial charge is 0.352 e. The third-order valence-electron chi connectivity index (χ3n) is 3.14. The maximum absolute atomic E-state index is 11.8. The molecule has 0 aliphatic heterocycles. The van der Waals surface area contributed by atoms with Crippen molar-refractivity contribution in [2.45, 2.75) is 20.3 Å². The molecule has 0 fully saturated rings. The van der Waals surface area contributed by atoms with Crippen LogP contribution in [0.3, 0.4) is 0 Å². The van der Waals surface area contributed by atoms with Gasteiger partial charge in [0.05, 0.1) is 0 Å². The number of hydrogen-bond donors (Lipinski definition) is 1. The summed E-state index contributed by atoms with van der Waals surface area (Å²) in [6.07, 6.45) is 0.951. The summed E-state index contributed by atoms with van der Waals surface area (Å²) in [6.45, 7) is 4.86. The van der Waals surface area contributed by atoms with Crippen molar-refractivity contribution in [2.24, 2.45) is 0 Å². The highest BCUT2D eigenvalue weighted by Crippen LogP contribution is 2.23. The van der Waals surface area contributed by atoms with Gasteiger partial charge < -0.3 is 5.32 Å². The van der Waals surface area contributed by atoms with Crippen LogP contribution in [-0.2, 0) is 0 Å². The van der Waals surface area contributed by atoms with Gasteiger partial charge in [-0.25, -0.2) is 0 Å². The molecular weight excluding hydrogens is 234 g/mol. The van der Waals surface area contributed by atoms with E-state index in [0.717, 1.165) is 18.5 Å². The van der Waals surface area contributed by atoms with Gasteiger partial charge in [0.2, 0.25) is 0 Å². The van der Waals surface area contributed by atoms with Crippen LogP contribution >= 0.6 is 0 Å². The van der Waals surface area contributed by atoms with Crippen molar-refractivity contribution in [1.82, 2.24) is 5.32 Å². The normalized spacial score (nSPS) is 10.2. The molecule has 0 aliphatic carbocycles. The Hall–Kier alpha value is -2.09. The first kappa shape index (κ1) is 13.3. The van der Waals surface area contributed by atoms with E-state index in [9.17, 15) is 4.79 Å². The lowest BCUT2D eigenvalue weighted by molar-refractivity contribution is 0.0953. The van der Waals surface area contributed by atoms with Gasteiger partial charge in [-0.3, -0.25) is 4.79 Å². The molecule has 2 rings (SSSR count). The van der Waals surface area contributed by atoms with Crippen LogP contribution in [0, 0.1) is 6.92 Å². The number of benzene rings is 2. The third kappa shape index (κ3) is 3.22. The number of aryl methyl sites for hydroxylation is 1. The van der Waals surface area contributed by atoms with Crippen LogP contribution in [0.4, 0.5) is 0 Å². The number of nitrogens with one attached hydrogen (secondary N) is 1. The first-order valence-corrected chi connectivity index (χ1v) is 6.66. The Labute approximate surface area is 114 Å².